The van der Waals surface area contributed by atoms with Gasteiger partial charge in [0.15, 0.2) is 0 Å². The van der Waals surface area contributed by atoms with Gasteiger partial charge < -0.3 is 10.2 Å². The number of nitriles is 1. The van der Waals surface area contributed by atoms with Crippen LogP contribution in [0.4, 0.5) is 0 Å². The summed E-state index contributed by atoms with van der Waals surface area (Å²) in [6.45, 7) is 10.6. The molecule has 0 radical (unpaired) electrons. The zero-order chi connectivity index (χ0) is 12.9. The first-order valence-corrected chi connectivity index (χ1v) is 7.13. The van der Waals surface area contributed by atoms with Crippen LogP contribution >= 0.6 is 0 Å². The molecule has 0 aliphatic rings. The lowest BCUT2D eigenvalue weighted by Gasteiger charge is -2.24. The third-order valence-corrected chi connectivity index (χ3v) is 2.89. The summed E-state index contributed by atoms with van der Waals surface area (Å²) in [6.07, 6.45) is 6.00. The van der Waals surface area contributed by atoms with E-state index in [0.717, 1.165) is 32.6 Å². The Morgan fingerprint density at radius 2 is 1.65 bits per heavy atom. The third-order valence-electron chi connectivity index (χ3n) is 2.89. The lowest BCUT2D eigenvalue weighted by Crippen LogP contribution is -2.41. The van der Waals surface area contributed by atoms with E-state index in [-0.39, 0.29) is 6.04 Å². The van der Waals surface area contributed by atoms with Crippen LogP contribution in [0.3, 0.4) is 0 Å². The maximum Gasteiger partial charge on any atom is 0.108 e. The fourth-order valence-electron chi connectivity index (χ4n) is 1.79. The quantitative estimate of drug-likeness (QED) is 0.602. The highest BCUT2D eigenvalue weighted by atomic mass is 15.1. The summed E-state index contributed by atoms with van der Waals surface area (Å²) in [6, 6.07) is 2.36. The van der Waals surface area contributed by atoms with E-state index in [9.17, 15) is 0 Å². The molecule has 0 aromatic carbocycles. The van der Waals surface area contributed by atoms with Gasteiger partial charge in [-0.3, -0.25) is 0 Å². The summed E-state index contributed by atoms with van der Waals surface area (Å²) in [7, 11) is 0. The molecule has 0 saturated heterocycles. The molecule has 3 heteroatoms. The Morgan fingerprint density at radius 3 is 2.06 bits per heavy atom. The predicted molar refractivity (Wildman–Crippen MR) is 74.0 cm³/mol. The molecule has 0 saturated carbocycles. The minimum Gasteiger partial charge on any atom is -0.301 e. The molecule has 0 bridgehead atoms. The second-order valence-corrected chi connectivity index (χ2v) is 4.64. The number of hydrogen-bond donors (Lipinski definition) is 1. The third kappa shape index (κ3) is 9.14. The topological polar surface area (TPSA) is 39.1 Å². The molecule has 17 heavy (non-hydrogen) atoms. The van der Waals surface area contributed by atoms with Crippen molar-refractivity contribution in [3.63, 3.8) is 0 Å². The van der Waals surface area contributed by atoms with Crippen molar-refractivity contribution in [1.82, 2.24) is 10.2 Å². The number of nitrogens with one attached hydrogen (secondary N) is 1. The Balaban J connectivity index is 4.03. The maximum absolute atomic E-state index is 9.11. The van der Waals surface area contributed by atoms with E-state index >= 15 is 0 Å². The highest BCUT2D eigenvalue weighted by Gasteiger charge is 2.11. The molecule has 100 valence electrons. The molecule has 0 aromatic rings. The first-order valence-electron chi connectivity index (χ1n) is 7.13. The van der Waals surface area contributed by atoms with Crippen LogP contribution in [0, 0.1) is 11.3 Å². The van der Waals surface area contributed by atoms with Crippen molar-refractivity contribution < 1.29 is 0 Å². The average molecular weight is 239 g/mol. The Hall–Kier alpha value is -0.590. The monoisotopic (exact) mass is 239 g/mol. The molecule has 1 unspecified atom stereocenters. The highest BCUT2D eigenvalue weighted by molar-refractivity contribution is 4.91. The van der Waals surface area contributed by atoms with Crippen LogP contribution in [0.2, 0.25) is 0 Å². The normalized spacial score (nSPS) is 12.6. The van der Waals surface area contributed by atoms with Crippen LogP contribution in [0.15, 0.2) is 0 Å². The van der Waals surface area contributed by atoms with Crippen LogP contribution in [0.25, 0.3) is 0 Å². The predicted octanol–water partition coefficient (Wildman–Crippen LogP) is 2.78. The van der Waals surface area contributed by atoms with Crippen molar-refractivity contribution >= 4 is 0 Å². The van der Waals surface area contributed by atoms with Crippen LogP contribution < -0.4 is 5.32 Å². The SMILES string of the molecule is CCCCN(CCCC)CC(C#N)NCCC. The summed E-state index contributed by atoms with van der Waals surface area (Å²) in [5.41, 5.74) is 0. The van der Waals surface area contributed by atoms with Crippen LogP contribution in [-0.4, -0.2) is 37.1 Å². The minimum absolute atomic E-state index is 0.0105. The molecule has 0 amide bonds. The molecule has 1 atom stereocenters. The smallest absolute Gasteiger partial charge is 0.108 e. The zero-order valence-corrected chi connectivity index (χ0v) is 11.8. The molecule has 0 spiro atoms. The summed E-state index contributed by atoms with van der Waals surface area (Å²) in [5, 5.41) is 12.4. The van der Waals surface area contributed by atoms with E-state index in [4.69, 9.17) is 5.26 Å². The second kappa shape index (κ2) is 11.9. The van der Waals surface area contributed by atoms with E-state index in [1.165, 1.54) is 25.7 Å². The van der Waals surface area contributed by atoms with Crippen molar-refractivity contribution in [3.05, 3.63) is 0 Å². The Labute approximate surface area is 107 Å². The van der Waals surface area contributed by atoms with E-state index in [1.807, 2.05) is 0 Å². The summed E-state index contributed by atoms with van der Waals surface area (Å²) in [4.78, 5) is 2.43. The van der Waals surface area contributed by atoms with Crippen molar-refractivity contribution in [2.45, 2.75) is 58.9 Å². The van der Waals surface area contributed by atoms with Crippen molar-refractivity contribution in [2.24, 2.45) is 0 Å². The Kier molecular flexibility index (Phi) is 11.5. The molecule has 0 aliphatic heterocycles. The first-order chi connectivity index (χ1) is 8.28. The van der Waals surface area contributed by atoms with Gasteiger partial charge in [0.05, 0.1) is 6.07 Å². The number of unbranched alkanes of at least 4 members (excludes halogenated alkanes) is 2. The van der Waals surface area contributed by atoms with Crippen molar-refractivity contribution in [1.29, 1.82) is 5.26 Å². The van der Waals surface area contributed by atoms with Crippen LogP contribution in [0.5, 0.6) is 0 Å². The van der Waals surface area contributed by atoms with Gasteiger partial charge in [-0.25, -0.2) is 0 Å². The molecule has 1 N–H and O–H groups in total. The Bertz CT molecular complexity index is 190. The molecular formula is C14H29N3. The molecule has 3 nitrogen and oxygen atoms in total. The number of nitrogens with zero attached hydrogens (tertiary/aromatic N) is 2. The van der Waals surface area contributed by atoms with Gasteiger partial charge in [0.2, 0.25) is 0 Å². The van der Waals surface area contributed by atoms with Crippen molar-refractivity contribution in [2.75, 3.05) is 26.2 Å². The highest BCUT2D eigenvalue weighted by Crippen LogP contribution is 2.01. The lowest BCUT2D eigenvalue weighted by atomic mass is 10.2. The first kappa shape index (κ1) is 16.4. The molecule has 0 rings (SSSR count). The second-order valence-electron chi connectivity index (χ2n) is 4.64. The van der Waals surface area contributed by atoms with Gasteiger partial charge in [0, 0.05) is 6.54 Å². The van der Waals surface area contributed by atoms with Gasteiger partial charge >= 0.3 is 0 Å². The van der Waals surface area contributed by atoms with Gasteiger partial charge in [0.25, 0.3) is 0 Å². The summed E-state index contributed by atoms with van der Waals surface area (Å²) in [5.74, 6) is 0. The van der Waals surface area contributed by atoms with Gasteiger partial charge in [-0.1, -0.05) is 33.6 Å². The maximum atomic E-state index is 9.11. The van der Waals surface area contributed by atoms with Crippen LogP contribution in [0.1, 0.15) is 52.9 Å². The van der Waals surface area contributed by atoms with Gasteiger partial charge in [-0.15, -0.1) is 0 Å². The molecule has 0 aliphatic carbocycles. The minimum atomic E-state index is -0.0105. The molecular weight excluding hydrogens is 210 g/mol. The lowest BCUT2D eigenvalue weighted by molar-refractivity contribution is 0.250. The number of rotatable bonds is 11. The van der Waals surface area contributed by atoms with Gasteiger partial charge in [0.1, 0.15) is 6.04 Å². The summed E-state index contributed by atoms with van der Waals surface area (Å²) < 4.78 is 0. The van der Waals surface area contributed by atoms with E-state index in [1.54, 1.807) is 0 Å². The van der Waals surface area contributed by atoms with Crippen molar-refractivity contribution in [3.8, 4) is 6.07 Å². The fourth-order valence-corrected chi connectivity index (χ4v) is 1.79. The largest absolute Gasteiger partial charge is 0.301 e. The Morgan fingerprint density at radius 1 is 1.06 bits per heavy atom. The van der Waals surface area contributed by atoms with E-state index < -0.39 is 0 Å². The fraction of sp³-hybridized carbons (Fsp3) is 0.929. The molecule has 0 fully saturated rings. The van der Waals surface area contributed by atoms with E-state index in [0.29, 0.717) is 0 Å². The van der Waals surface area contributed by atoms with Crippen LogP contribution in [-0.2, 0) is 0 Å². The zero-order valence-electron chi connectivity index (χ0n) is 11.8. The standard InChI is InChI=1S/C14H29N3/c1-4-7-10-17(11-8-5-2)13-14(12-15)16-9-6-3/h14,16H,4-11,13H2,1-3H3. The average Bonchev–Trinajstić information content (AvgIpc) is 2.36. The molecule has 0 heterocycles. The molecule has 0 aromatic heterocycles. The van der Waals surface area contributed by atoms with E-state index in [2.05, 4.69) is 37.1 Å². The van der Waals surface area contributed by atoms with Gasteiger partial charge in [-0.05, 0) is 38.9 Å². The summed E-state index contributed by atoms with van der Waals surface area (Å²) >= 11 is 0. The number of hydrogen-bond acceptors (Lipinski definition) is 3. The van der Waals surface area contributed by atoms with Gasteiger partial charge in [-0.2, -0.15) is 5.26 Å².